The molecular formula is C14H28N2O2. The molecule has 3 N–H and O–H groups in total. The van der Waals surface area contributed by atoms with Gasteiger partial charge in [0.15, 0.2) is 0 Å². The molecule has 1 aliphatic heterocycles. The first-order valence-corrected chi connectivity index (χ1v) is 7.21. The van der Waals surface area contributed by atoms with E-state index in [1.807, 2.05) is 0 Å². The number of nitrogens with one attached hydrogen (secondary N) is 2. The first kappa shape index (κ1) is 15.4. The fourth-order valence-electron chi connectivity index (χ4n) is 2.83. The molecule has 1 rings (SSSR count). The standard InChI is InChI=1S/C14H28N2O2/c1-4-6-14(7-5-8-15-14)13(18)16-12(10-17)9-11(2)3/h11-12,15,17H,4-10H2,1-3H3,(H,16,18). The number of amides is 1. The quantitative estimate of drug-likeness (QED) is 0.646. The van der Waals surface area contributed by atoms with Gasteiger partial charge in [-0.1, -0.05) is 27.2 Å². The minimum Gasteiger partial charge on any atom is -0.394 e. The molecule has 1 fully saturated rings. The van der Waals surface area contributed by atoms with E-state index in [0.29, 0.717) is 5.92 Å². The predicted molar refractivity (Wildman–Crippen MR) is 73.3 cm³/mol. The van der Waals surface area contributed by atoms with Crippen molar-refractivity contribution in [1.29, 1.82) is 0 Å². The molecule has 1 heterocycles. The van der Waals surface area contributed by atoms with Gasteiger partial charge < -0.3 is 15.7 Å². The van der Waals surface area contributed by atoms with Crippen molar-refractivity contribution in [3.8, 4) is 0 Å². The molecular weight excluding hydrogens is 228 g/mol. The fraction of sp³-hybridized carbons (Fsp3) is 0.929. The van der Waals surface area contributed by atoms with Gasteiger partial charge in [-0.3, -0.25) is 4.79 Å². The van der Waals surface area contributed by atoms with Gasteiger partial charge in [0.05, 0.1) is 18.2 Å². The van der Waals surface area contributed by atoms with Gasteiger partial charge in [0.25, 0.3) is 0 Å². The van der Waals surface area contributed by atoms with Crippen LogP contribution in [0.2, 0.25) is 0 Å². The van der Waals surface area contributed by atoms with Gasteiger partial charge in [-0.2, -0.15) is 0 Å². The van der Waals surface area contributed by atoms with Crippen molar-refractivity contribution in [2.45, 2.75) is 64.5 Å². The van der Waals surface area contributed by atoms with Crippen LogP contribution in [0.3, 0.4) is 0 Å². The maximum Gasteiger partial charge on any atom is 0.240 e. The number of carbonyl (C=O) groups excluding carboxylic acids is 1. The largest absolute Gasteiger partial charge is 0.394 e. The van der Waals surface area contributed by atoms with Gasteiger partial charge in [0, 0.05) is 0 Å². The smallest absolute Gasteiger partial charge is 0.240 e. The summed E-state index contributed by atoms with van der Waals surface area (Å²) in [5.41, 5.74) is -0.390. The van der Waals surface area contributed by atoms with Crippen LogP contribution in [0.1, 0.15) is 52.9 Å². The SMILES string of the molecule is CCCC1(C(=O)NC(CO)CC(C)C)CCCN1. The van der Waals surface area contributed by atoms with Crippen LogP contribution in [0.25, 0.3) is 0 Å². The summed E-state index contributed by atoms with van der Waals surface area (Å²) in [5, 5.41) is 15.7. The van der Waals surface area contributed by atoms with Crippen LogP contribution in [0.4, 0.5) is 0 Å². The second-order valence-corrected chi connectivity index (χ2v) is 5.84. The molecule has 18 heavy (non-hydrogen) atoms. The van der Waals surface area contributed by atoms with E-state index in [4.69, 9.17) is 0 Å². The summed E-state index contributed by atoms with van der Waals surface area (Å²) in [6.45, 7) is 7.25. The second kappa shape index (κ2) is 7.10. The van der Waals surface area contributed by atoms with Gasteiger partial charge in [-0.15, -0.1) is 0 Å². The Bertz CT molecular complexity index is 261. The van der Waals surface area contributed by atoms with Gasteiger partial charge in [-0.25, -0.2) is 0 Å². The molecule has 0 radical (unpaired) electrons. The van der Waals surface area contributed by atoms with Crippen molar-refractivity contribution in [3.05, 3.63) is 0 Å². The molecule has 0 saturated carbocycles. The molecule has 1 saturated heterocycles. The zero-order chi connectivity index (χ0) is 13.6. The maximum atomic E-state index is 12.4. The summed E-state index contributed by atoms with van der Waals surface area (Å²) in [6.07, 6.45) is 4.66. The highest BCUT2D eigenvalue weighted by Gasteiger charge is 2.40. The Balaban J connectivity index is 2.60. The summed E-state index contributed by atoms with van der Waals surface area (Å²) >= 11 is 0. The Morgan fingerprint density at radius 3 is 2.67 bits per heavy atom. The lowest BCUT2D eigenvalue weighted by molar-refractivity contribution is -0.128. The minimum atomic E-state index is -0.390. The molecule has 2 unspecified atom stereocenters. The number of aliphatic hydroxyl groups is 1. The van der Waals surface area contributed by atoms with Gasteiger partial charge in [0.1, 0.15) is 0 Å². The number of hydrogen-bond donors (Lipinski definition) is 3. The molecule has 0 aromatic rings. The number of carbonyl (C=O) groups is 1. The molecule has 0 aliphatic carbocycles. The van der Waals surface area contributed by atoms with Crippen molar-refractivity contribution >= 4 is 5.91 Å². The van der Waals surface area contributed by atoms with Crippen molar-refractivity contribution in [3.63, 3.8) is 0 Å². The third-order valence-corrected chi connectivity index (χ3v) is 3.67. The average Bonchev–Trinajstić information content (AvgIpc) is 2.78. The Hall–Kier alpha value is -0.610. The lowest BCUT2D eigenvalue weighted by atomic mass is 9.90. The van der Waals surface area contributed by atoms with E-state index in [0.717, 1.165) is 38.6 Å². The van der Waals surface area contributed by atoms with Crippen LogP contribution in [-0.2, 0) is 4.79 Å². The molecule has 0 aromatic heterocycles. The molecule has 0 spiro atoms. The highest BCUT2D eigenvalue weighted by Crippen LogP contribution is 2.25. The van der Waals surface area contributed by atoms with Crippen LogP contribution in [0.15, 0.2) is 0 Å². The van der Waals surface area contributed by atoms with Crippen LogP contribution < -0.4 is 10.6 Å². The minimum absolute atomic E-state index is 0.0200. The number of aliphatic hydroxyl groups excluding tert-OH is 1. The predicted octanol–water partition coefficient (Wildman–Crippen LogP) is 1.43. The van der Waals surface area contributed by atoms with E-state index in [9.17, 15) is 9.90 Å². The van der Waals surface area contributed by atoms with E-state index in [2.05, 4.69) is 31.4 Å². The molecule has 2 atom stereocenters. The lowest BCUT2D eigenvalue weighted by Crippen LogP contribution is -2.56. The zero-order valence-corrected chi connectivity index (χ0v) is 12.0. The highest BCUT2D eigenvalue weighted by atomic mass is 16.3. The first-order chi connectivity index (χ1) is 8.54. The normalized spacial score (nSPS) is 25.4. The van der Waals surface area contributed by atoms with E-state index >= 15 is 0 Å². The molecule has 1 aliphatic rings. The number of hydrogen-bond acceptors (Lipinski definition) is 3. The van der Waals surface area contributed by atoms with E-state index in [1.165, 1.54) is 0 Å². The van der Waals surface area contributed by atoms with Crippen molar-refractivity contribution in [2.75, 3.05) is 13.2 Å². The van der Waals surface area contributed by atoms with Crippen LogP contribution >= 0.6 is 0 Å². The van der Waals surface area contributed by atoms with Crippen molar-refractivity contribution in [1.82, 2.24) is 10.6 Å². The summed E-state index contributed by atoms with van der Waals surface area (Å²) in [4.78, 5) is 12.4. The molecule has 4 nitrogen and oxygen atoms in total. The van der Waals surface area contributed by atoms with Gasteiger partial charge >= 0.3 is 0 Å². The van der Waals surface area contributed by atoms with Crippen LogP contribution in [0.5, 0.6) is 0 Å². The summed E-state index contributed by atoms with van der Waals surface area (Å²) in [5.74, 6) is 0.544. The molecule has 4 heteroatoms. The third-order valence-electron chi connectivity index (χ3n) is 3.67. The molecule has 0 aromatic carbocycles. The number of rotatable bonds is 7. The molecule has 106 valence electrons. The first-order valence-electron chi connectivity index (χ1n) is 7.21. The fourth-order valence-corrected chi connectivity index (χ4v) is 2.83. The van der Waals surface area contributed by atoms with Crippen LogP contribution in [0, 0.1) is 5.92 Å². The lowest BCUT2D eigenvalue weighted by Gasteiger charge is -2.30. The van der Waals surface area contributed by atoms with Crippen molar-refractivity contribution < 1.29 is 9.90 Å². The monoisotopic (exact) mass is 256 g/mol. The summed E-state index contributed by atoms with van der Waals surface area (Å²) < 4.78 is 0. The topological polar surface area (TPSA) is 61.4 Å². The zero-order valence-electron chi connectivity index (χ0n) is 12.0. The third kappa shape index (κ3) is 3.95. The Morgan fingerprint density at radius 2 is 2.22 bits per heavy atom. The highest BCUT2D eigenvalue weighted by molar-refractivity contribution is 5.87. The Labute approximate surface area is 111 Å². The van der Waals surface area contributed by atoms with E-state index in [1.54, 1.807) is 0 Å². The summed E-state index contributed by atoms with van der Waals surface area (Å²) in [7, 11) is 0. The van der Waals surface area contributed by atoms with Gasteiger partial charge in [-0.05, 0) is 38.1 Å². The van der Waals surface area contributed by atoms with E-state index < -0.39 is 0 Å². The van der Waals surface area contributed by atoms with Crippen molar-refractivity contribution in [2.24, 2.45) is 5.92 Å². The van der Waals surface area contributed by atoms with Crippen LogP contribution in [-0.4, -0.2) is 35.7 Å². The van der Waals surface area contributed by atoms with Gasteiger partial charge in [0.2, 0.25) is 5.91 Å². The average molecular weight is 256 g/mol. The maximum absolute atomic E-state index is 12.4. The Morgan fingerprint density at radius 1 is 1.50 bits per heavy atom. The summed E-state index contributed by atoms with van der Waals surface area (Å²) in [6, 6.07) is -0.117. The molecule has 1 amide bonds. The Kier molecular flexibility index (Phi) is 6.09. The van der Waals surface area contributed by atoms with E-state index in [-0.39, 0.29) is 24.1 Å². The second-order valence-electron chi connectivity index (χ2n) is 5.84. The molecule has 0 bridgehead atoms.